The molecule has 0 aromatic heterocycles. The van der Waals surface area contributed by atoms with E-state index in [0.717, 1.165) is 18.4 Å². The van der Waals surface area contributed by atoms with E-state index in [0.29, 0.717) is 5.92 Å². The first kappa shape index (κ1) is 19.9. The number of aliphatic hydroxyl groups excluding tert-OH is 1. The Morgan fingerprint density at radius 1 is 1.38 bits per heavy atom. The van der Waals surface area contributed by atoms with Gasteiger partial charge in [-0.25, -0.2) is 5.06 Å². The van der Waals surface area contributed by atoms with Gasteiger partial charge in [-0.15, -0.1) is 6.58 Å². The standard InChI is InChI=1S/C17H31NO3/c1-8-13(4)16(19)15(17(20)18(6)21-7)14(5)11-9-10-12(2)3/h8,11-13,15-16,19H,1,9-10H2,2-7H3/b14-11+/t13-,15+,16-/m1/s1. The normalized spacial score (nSPS) is 16.5. The Morgan fingerprint density at radius 2 is 1.95 bits per heavy atom. The molecule has 0 bridgehead atoms. The quantitative estimate of drug-likeness (QED) is 0.525. The second-order valence-electron chi connectivity index (χ2n) is 6.00. The predicted octanol–water partition coefficient (Wildman–Crippen LogP) is 3.19. The van der Waals surface area contributed by atoms with E-state index < -0.39 is 12.0 Å². The smallest absolute Gasteiger partial charge is 0.255 e. The van der Waals surface area contributed by atoms with Crippen LogP contribution < -0.4 is 0 Å². The molecule has 0 aliphatic heterocycles. The molecule has 0 saturated carbocycles. The third-order valence-corrected chi connectivity index (χ3v) is 3.80. The van der Waals surface area contributed by atoms with Gasteiger partial charge in [0.1, 0.15) is 0 Å². The molecule has 4 nitrogen and oxygen atoms in total. The van der Waals surface area contributed by atoms with Crippen molar-refractivity contribution < 1.29 is 14.7 Å². The molecular formula is C17H31NO3. The van der Waals surface area contributed by atoms with Gasteiger partial charge < -0.3 is 5.11 Å². The van der Waals surface area contributed by atoms with Crippen molar-refractivity contribution in [3.05, 3.63) is 24.3 Å². The van der Waals surface area contributed by atoms with Gasteiger partial charge >= 0.3 is 0 Å². The van der Waals surface area contributed by atoms with E-state index in [4.69, 9.17) is 4.84 Å². The van der Waals surface area contributed by atoms with Gasteiger partial charge in [0, 0.05) is 13.0 Å². The molecule has 0 rings (SSSR count). The van der Waals surface area contributed by atoms with Crippen LogP contribution in [0.1, 0.15) is 40.5 Å². The number of hydrogen-bond acceptors (Lipinski definition) is 3. The Hall–Kier alpha value is -1.13. The summed E-state index contributed by atoms with van der Waals surface area (Å²) in [5, 5.41) is 11.6. The van der Waals surface area contributed by atoms with E-state index in [1.54, 1.807) is 13.1 Å². The first-order valence-electron chi connectivity index (χ1n) is 7.55. The van der Waals surface area contributed by atoms with Crippen molar-refractivity contribution in [2.24, 2.45) is 17.8 Å². The molecular weight excluding hydrogens is 266 g/mol. The number of carbonyl (C=O) groups is 1. The third-order valence-electron chi connectivity index (χ3n) is 3.80. The zero-order chi connectivity index (χ0) is 16.6. The molecule has 0 heterocycles. The van der Waals surface area contributed by atoms with Crippen LogP contribution in [0.15, 0.2) is 24.3 Å². The lowest BCUT2D eigenvalue weighted by Crippen LogP contribution is -2.41. The summed E-state index contributed by atoms with van der Waals surface area (Å²) in [6, 6.07) is 0. The molecule has 0 saturated heterocycles. The maximum absolute atomic E-state index is 12.4. The number of amides is 1. The van der Waals surface area contributed by atoms with Gasteiger partial charge in [0.25, 0.3) is 5.91 Å². The molecule has 0 unspecified atom stereocenters. The maximum atomic E-state index is 12.4. The second kappa shape index (κ2) is 9.74. The largest absolute Gasteiger partial charge is 0.391 e. The molecule has 21 heavy (non-hydrogen) atoms. The summed E-state index contributed by atoms with van der Waals surface area (Å²) in [5.74, 6) is -0.397. The first-order chi connectivity index (χ1) is 9.76. The van der Waals surface area contributed by atoms with E-state index in [-0.39, 0.29) is 11.8 Å². The van der Waals surface area contributed by atoms with E-state index in [9.17, 15) is 9.90 Å². The van der Waals surface area contributed by atoms with Crippen LogP contribution in [-0.4, -0.2) is 36.3 Å². The Balaban J connectivity index is 5.20. The summed E-state index contributed by atoms with van der Waals surface area (Å²) < 4.78 is 0. The number of carbonyl (C=O) groups excluding carboxylic acids is 1. The number of allylic oxidation sites excluding steroid dienone is 1. The summed E-state index contributed by atoms with van der Waals surface area (Å²) in [6.45, 7) is 11.8. The number of hydrogen-bond donors (Lipinski definition) is 1. The van der Waals surface area contributed by atoms with Crippen molar-refractivity contribution in [1.82, 2.24) is 5.06 Å². The van der Waals surface area contributed by atoms with Crippen LogP contribution in [0.3, 0.4) is 0 Å². The minimum absolute atomic E-state index is 0.169. The van der Waals surface area contributed by atoms with Crippen molar-refractivity contribution in [1.29, 1.82) is 0 Å². The molecule has 0 spiro atoms. The molecule has 0 aromatic carbocycles. The molecule has 3 atom stereocenters. The minimum atomic E-state index is -0.803. The van der Waals surface area contributed by atoms with Crippen LogP contribution in [0.5, 0.6) is 0 Å². The summed E-state index contributed by atoms with van der Waals surface area (Å²) in [4.78, 5) is 17.4. The number of nitrogens with zero attached hydrogens (tertiary/aromatic N) is 1. The van der Waals surface area contributed by atoms with Crippen LogP contribution >= 0.6 is 0 Å². The average Bonchev–Trinajstić information content (AvgIpc) is 2.44. The van der Waals surface area contributed by atoms with Crippen LogP contribution in [0.4, 0.5) is 0 Å². The molecule has 122 valence electrons. The fourth-order valence-corrected chi connectivity index (χ4v) is 2.11. The highest BCUT2D eigenvalue weighted by molar-refractivity contribution is 5.81. The van der Waals surface area contributed by atoms with E-state index >= 15 is 0 Å². The second-order valence-corrected chi connectivity index (χ2v) is 6.00. The summed E-state index contributed by atoms with van der Waals surface area (Å²) in [5.41, 5.74) is 0.880. The lowest BCUT2D eigenvalue weighted by Gasteiger charge is -2.29. The van der Waals surface area contributed by atoms with Gasteiger partial charge in [0.2, 0.25) is 0 Å². The third kappa shape index (κ3) is 6.44. The highest BCUT2D eigenvalue weighted by Crippen LogP contribution is 2.24. The van der Waals surface area contributed by atoms with Crippen molar-refractivity contribution >= 4 is 5.91 Å². The van der Waals surface area contributed by atoms with Crippen molar-refractivity contribution in [2.45, 2.75) is 46.6 Å². The number of aliphatic hydroxyl groups is 1. The predicted molar refractivity (Wildman–Crippen MR) is 86.5 cm³/mol. The lowest BCUT2D eigenvalue weighted by atomic mass is 9.85. The fourth-order valence-electron chi connectivity index (χ4n) is 2.11. The average molecular weight is 297 g/mol. The molecule has 1 amide bonds. The highest BCUT2D eigenvalue weighted by Gasteiger charge is 2.33. The van der Waals surface area contributed by atoms with E-state index in [1.165, 1.54) is 12.2 Å². The highest BCUT2D eigenvalue weighted by atomic mass is 16.7. The molecule has 0 fully saturated rings. The molecule has 4 heteroatoms. The van der Waals surface area contributed by atoms with Gasteiger partial charge in [-0.1, -0.05) is 38.5 Å². The van der Waals surface area contributed by atoms with Gasteiger partial charge in [-0.05, 0) is 25.7 Å². The molecule has 0 aromatic rings. The molecule has 1 N–H and O–H groups in total. The van der Waals surface area contributed by atoms with E-state index in [1.807, 2.05) is 19.9 Å². The van der Waals surface area contributed by atoms with Crippen LogP contribution in [-0.2, 0) is 9.63 Å². The van der Waals surface area contributed by atoms with Crippen LogP contribution in [0.2, 0.25) is 0 Å². The Kier molecular flexibility index (Phi) is 9.22. The molecule has 0 aliphatic rings. The number of rotatable bonds is 9. The topological polar surface area (TPSA) is 49.8 Å². The zero-order valence-electron chi connectivity index (χ0n) is 14.3. The van der Waals surface area contributed by atoms with Crippen molar-refractivity contribution in [2.75, 3.05) is 14.2 Å². The molecule has 0 radical (unpaired) electrons. The minimum Gasteiger partial charge on any atom is -0.391 e. The number of hydroxylamine groups is 2. The fraction of sp³-hybridized carbons (Fsp3) is 0.706. The van der Waals surface area contributed by atoms with Crippen molar-refractivity contribution in [3.8, 4) is 0 Å². The lowest BCUT2D eigenvalue weighted by molar-refractivity contribution is -0.175. The zero-order valence-corrected chi connectivity index (χ0v) is 14.3. The summed E-state index contributed by atoms with van der Waals surface area (Å²) >= 11 is 0. The van der Waals surface area contributed by atoms with Gasteiger partial charge in [-0.3, -0.25) is 9.63 Å². The van der Waals surface area contributed by atoms with Gasteiger partial charge in [-0.2, -0.15) is 0 Å². The molecule has 0 aliphatic carbocycles. The Morgan fingerprint density at radius 3 is 2.38 bits per heavy atom. The summed E-state index contributed by atoms with van der Waals surface area (Å²) in [6.07, 6.45) is 4.87. The van der Waals surface area contributed by atoms with Crippen molar-refractivity contribution in [3.63, 3.8) is 0 Å². The Bertz CT molecular complexity index is 363. The monoisotopic (exact) mass is 297 g/mol. The van der Waals surface area contributed by atoms with Crippen LogP contribution in [0, 0.1) is 17.8 Å². The first-order valence-corrected chi connectivity index (χ1v) is 7.55. The summed E-state index contributed by atoms with van der Waals surface area (Å²) in [7, 11) is 3.00. The SMILES string of the molecule is C=C[C@@H](C)[C@@H](O)[C@@H](C(=O)N(C)OC)/C(C)=C/CCC(C)C. The van der Waals surface area contributed by atoms with E-state index in [2.05, 4.69) is 20.4 Å². The van der Waals surface area contributed by atoms with Gasteiger partial charge in [0.05, 0.1) is 19.1 Å². The van der Waals surface area contributed by atoms with Crippen LogP contribution in [0.25, 0.3) is 0 Å². The maximum Gasteiger partial charge on any atom is 0.255 e. The van der Waals surface area contributed by atoms with Gasteiger partial charge in [0.15, 0.2) is 0 Å². The Labute approximate surface area is 129 Å².